The van der Waals surface area contributed by atoms with Crippen LogP contribution in [0.5, 0.6) is 5.75 Å². The van der Waals surface area contributed by atoms with Crippen LogP contribution in [0.1, 0.15) is 118 Å². The summed E-state index contributed by atoms with van der Waals surface area (Å²) in [6.07, 6.45) is -1.93. The Morgan fingerprint density at radius 2 is 1.15 bits per heavy atom. The molecule has 1 saturated heterocycles. The number of aliphatic imine (C=N–C) groups is 1. The number of rotatable bonds is 33. The Balaban J connectivity index is 0.00000298. The van der Waals surface area contributed by atoms with Crippen LogP contribution in [0.4, 0.5) is 0 Å². The molecule has 2 aromatic rings. The molecule has 8 atom stereocenters. The predicted octanol–water partition coefficient (Wildman–Crippen LogP) is -1.88. The number of nitrogens with one attached hydrogen (secondary N) is 7. The minimum Gasteiger partial charge on any atom is -0.508 e. The van der Waals surface area contributed by atoms with Crippen LogP contribution in [-0.4, -0.2) is 161 Å². The Labute approximate surface area is 491 Å². The van der Waals surface area contributed by atoms with Crippen LogP contribution in [0.15, 0.2) is 59.6 Å². The summed E-state index contributed by atoms with van der Waals surface area (Å²) < 4.78 is 6.47. The summed E-state index contributed by atoms with van der Waals surface area (Å²) in [6, 6.07) is 3.96. The number of nitrogens with two attached hydrogens (primary N) is 5. The number of carbonyl (C=O) groups excluding carboxylic acids is 11. The van der Waals surface area contributed by atoms with Gasteiger partial charge in [0.15, 0.2) is 5.96 Å². The molecule has 3 rings (SSSR count). The Hall–Kier alpha value is -8.69. The van der Waals surface area contributed by atoms with Crippen molar-refractivity contribution in [1.82, 2.24) is 42.1 Å². The number of aliphatic carboxylic acids is 1. The molecule has 0 saturated carbocycles. The lowest BCUT2D eigenvalue weighted by atomic mass is 10.0. The molecular weight excluding hydrogens is 1090 g/mol. The van der Waals surface area contributed by atoms with Gasteiger partial charge in [0.05, 0.1) is 12.5 Å². The van der Waals surface area contributed by atoms with Crippen LogP contribution in [0.25, 0.3) is 0 Å². The van der Waals surface area contributed by atoms with Crippen molar-refractivity contribution in [2.24, 2.45) is 45.5 Å². The number of likely N-dealkylation sites (N-methyl/N-ethyl adjacent to an activating group) is 1. The third-order valence-electron chi connectivity index (χ3n) is 12.3. The van der Waals surface area contributed by atoms with E-state index < -0.39 is 145 Å². The quantitative estimate of drug-likeness (QED) is 0.0161. The second-order valence-corrected chi connectivity index (χ2v) is 21.1. The minimum atomic E-state index is -1.75. The average Bonchev–Trinajstić information content (AvgIpc) is 3.79. The highest BCUT2D eigenvalue weighted by Gasteiger charge is 2.39. The first kappa shape index (κ1) is 71.4. The van der Waals surface area contributed by atoms with Gasteiger partial charge < -0.3 is 85.8 Å². The first-order valence-corrected chi connectivity index (χ1v) is 27.6. The zero-order valence-electron chi connectivity index (χ0n) is 49.9. The number of likely N-dealkylation sites (tertiary alicyclic amines) is 1. The van der Waals surface area contributed by atoms with E-state index in [0.29, 0.717) is 29.9 Å². The molecule has 3 unspecified atom stereocenters. The molecular formula is C56H88N14O14. The fourth-order valence-corrected chi connectivity index (χ4v) is 8.00. The summed E-state index contributed by atoms with van der Waals surface area (Å²) in [6.45, 7) is 11.7. The molecule has 0 bridgehead atoms. The van der Waals surface area contributed by atoms with E-state index in [0.717, 1.165) is 10.8 Å². The van der Waals surface area contributed by atoms with Crippen molar-refractivity contribution in [2.75, 3.05) is 20.1 Å². The lowest BCUT2D eigenvalue weighted by Gasteiger charge is -2.30. The predicted molar refractivity (Wildman–Crippen MR) is 311 cm³/mol. The maximum atomic E-state index is 14.1. The zero-order chi connectivity index (χ0) is 64.5. The molecule has 19 N–H and O–H groups in total. The summed E-state index contributed by atoms with van der Waals surface area (Å²) in [4.78, 5) is 159. The summed E-state index contributed by atoms with van der Waals surface area (Å²) >= 11 is 0. The Kier molecular flexibility index (Phi) is 33.1. The monoisotopic (exact) mass is 1180 g/mol. The number of phenolic OH excluding ortho intramolecular Hbond substituents is 1. The van der Waals surface area contributed by atoms with Gasteiger partial charge in [-0.25, -0.2) is 0 Å². The fourth-order valence-electron chi connectivity index (χ4n) is 8.00. The van der Waals surface area contributed by atoms with E-state index in [1.165, 1.54) is 19.1 Å². The molecule has 0 radical (unpaired) electrons. The number of carboxylic acids is 1. The van der Waals surface area contributed by atoms with Crippen LogP contribution in [0.2, 0.25) is 0 Å². The second kappa shape index (κ2) is 38.9. The fraction of sp³-hybridized carbons (Fsp3) is 0.554. The number of nitrogens with zero attached hydrogens (tertiary/aromatic N) is 2. The summed E-state index contributed by atoms with van der Waals surface area (Å²) in [7, 11) is 1.54. The van der Waals surface area contributed by atoms with Gasteiger partial charge in [0.1, 0.15) is 55.7 Å². The zero-order valence-corrected chi connectivity index (χ0v) is 48.9. The highest BCUT2D eigenvalue weighted by molar-refractivity contribution is 5.99. The first-order valence-electron chi connectivity index (χ1n) is 28.1. The number of amides is 10. The summed E-state index contributed by atoms with van der Waals surface area (Å²) in [5.41, 5.74) is 28.4. The number of carboxylic acid groups (broad SMARTS) is 1. The highest BCUT2D eigenvalue weighted by Crippen LogP contribution is 2.20. The number of carbonyl (C=O) groups is 12. The van der Waals surface area contributed by atoms with E-state index in [9.17, 15) is 62.6 Å². The highest BCUT2D eigenvalue weighted by atomic mass is 16.4. The second-order valence-electron chi connectivity index (χ2n) is 21.1. The molecule has 84 heavy (non-hydrogen) atoms. The van der Waals surface area contributed by atoms with Crippen molar-refractivity contribution >= 4 is 77.3 Å². The largest absolute Gasteiger partial charge is 0.508 e. The number of phenols is 1. The van der Waals surface area contributed by atoms with Gasteiger partial charge in [-0.05, 0) is 94.0 Å². The van der Waals surface area contributed by atoms with Crippen molar-refractivity contribution in [3.63, 3.8) is 0 Å². The van der Waals surface area contributed by atoms with Gasteiger partial charge in [-0.15, -0.1) is 0 Å². The third-order valence-corrected chi connectivity index (χ3v) is 12.3. The van der Waals surface area contributed by atoms with Crippen molar-refractivity contribution < 1.29 is 69.1 Å². The third kappa shape index (κ3) is 29.9. The van der Waals surface area contributed by atoms with Crippen molar-refractivity contribution in [2.45, 2.75) is 167 Å². The lowest BCUT2D eigenvalue weighted by molar-refractivity contribution is -0.142. The number of primary amides is 3. The van der Waals surface area contributed by atoms with Gasteiger partial charge in [0.2, 0.25) is 59.1 Å². The van der Waals surface area contributed by atoms with E-state index in [4.69, 9.17) is 35.1 Å². The van der Waals surface area contributed by atoms with E-state index in [2.05, 4.69) is 63.0 Å². The molecule has 0 spiro atoms. The van der Waals surface area contributed by atoms with Crippen LogP contribution in [0, 0.1) is 11.8 Å². The van der Waals surface area contributed by atoms with Gasteiger partial charge >= 0.3 is 5.97 Å². The van der Waals surface area contributed by atoms with Crippen LogP contribution >= 0.6 is 0 Å². The molecule has 28 nitrogen and oxygen atoms in total. The van der Waals surface area contributed by atoms with Crippen molar-refractivity contribution in [1.29, 1.82) is 0 Å². The molecule has 0 aromatic heterocycles. The maximum Gasteiger partial charge on any atom is 0.303 e. The average molecular weight is 1180 g/mol. The van der Waals surface area contributed by atoms with E-state index in [-0.39, 0.29) is 63.3 Å². The van der Waals surface area contributed by atoms with E-state index in [1.54, 1.807) is 49.5 Å². The van der Waals surface area contributed by atoms with Crippen molar-refractivity contribution in [3.05, 3.63) is 65.7 Å². The van der Waals surface area contributed by atoms with Crippen LogP contribution < -0.4 is 65.9 Å². The van der Waals surface area contributed by atoms with E-state index in [1.807, 2.05) is 13.8 Å². The first-order chi connectivity index (χ1) is 39.8. The summed E-state index contributed by atoms with van der Waals surface area (Å²) in [5.74, 6) is -9.27. The topological polar surface area (TPSA) is 475 Å². The minimum absolute atomic E-state index is 0.0275. The van der Waals surface area contributed by atoms with Gasteiger partial charge in [-0.3, -0.25) is 57.7 Å². The smallest absolute Gasteiger partial charge is 0.303 e. The molecule has 1 fully saturated rings. The molecule has 1 aliphatic rings. The normalized spacial score (nSPS) is 15.1. The Bertz CT molecular complexity index is 2590. The van der Waals surface area contributed by atoms with E-state index >= 15 is 0 Å². The number of hydrogen-bond acceptors (Lipinski definition) is 15. The molecule has 0 aliphatic carbocycles. The molecule has 28 heteroatoms. The van der Waals surface area contributed by atoms with Crippen LogP contribution in [0.3, 0.4) is 0 Å². The number of benzene rings is 2. The standard InChI is InChI=1S/C47H68N14O13.C5H10O.C4H10/c1-25(46(74)61-21-7-11-35(61)45(73)58-30(10-6-20-54-47(51)52)40(68)56-29(39(50)67)17-19-38(65)66)55-43(71)34(24-37(49)64)60-41(69)31(16-18-36(48)63)57-44(72)33(23-26-8-4-3-5-9-26)59-42(70)32(53-2)22-27-12-14-28(62)15-13-27;1-5(2)3-4-6;1-4(2)3/h3-5,8-9,12-15,25,29-35,53,62H,6-7,10-11,16-24H2,1-2H3,(H2,48,63)(H2,49,64)(H2,50,67)(H,55,71)(H,56,68)(H,57,72)(H,58,73)(H,59,70)(H,60,69)(H,65,66)(H4,51,52,54);4-5H,3H2,1-2H3;4H,1-3H3/t25?,29-,30-,31?,32?,33-,34-,35-;;/m0../s1/i;4D;. The van der Waals surface area contributed by atoms with Gasteiger partial charge in [-0.1, -0.05) is 77.1 Å². The van der Waals surface area contributed by atoms with Crippen LogP contribution in [-0.2, 0) is 70.4 Å². The Morgan fingerprint density at radius 3 is 1.67 bits per heavy atom. The number of aromatic hydroxyl groups is 1. The number of hydrogen-bond donors (Lipinski definition) is 14. The van der Waals surface area contributed by atoms with Gasteiger partial charge in [0.25, 0.3) is 0 Å². The number of guanidine groups is 1. The lowest BCUT2D eigenvalue weighted by Crippen LogP contribution is -2.60. The maximum absolute atomic E-state index is 14.1. The summed E-state index contributed by atoms with van der Waals surface area (Å²) in [5, 5.41) is 36.6. The molecule has 1 aliphatic heterocycles. The van der Waals surface area contributed by atoms with Crippen molar-refractivity contribution in [3.8, 4) is 5.75 Å². The van der Waals surface area contributed by atoms with Gasteiger partial charge in [-0.2, -0.15) is 0 Å². The number of aldehydes is 1. The van der Waals surface area contributed by atoms with Gasteiger partial charge in [0, 0.05) is 38.8 Å². The molecule has 1 heterocycles. The molecule has 466 valence electrons. The molecule has 2 aromatic carbocycles. The Morgan fingerprint density at radius 1 is 0.655 bits per heavy atom. The SMILES string of the molecule is CC(C)C.CNC(Cc1ccc(O)cc1)C(=O)N[C@@H](Cc1ccccc1)C(=O)NC(CCC(N)=O)C(=O)N[C@@H](CC(N)=O)C(=O)NC(C)C(=O)N1CCC[C@H]1C(=O)N[C@@H](CCCN=C(N)N)C(=O)N[C@@H](CCC(=O)O)C(N)=O.[2H]C(=O)CC(C)C. The molecule has 10 amide bonds.